The van der Waals surface area contributed by atoms with Crippen molar-refractivity contribution in [1.82, 2.24) is 15.1 Å². The molecule has 2 heterocycles. The van der Waals surface area contributed by atoms with Crippen LogP contribution in [0.15, 0.2) is 34.9 Å². The number of hydrogen-bond acceptors (Lipinski definition) is 2. The Morgan fingerprint density at radius 3 is 3.06 bits per heavy atom. The molecule has 1 atom stereocenters. The van der Waals surface area contributed by atoms with Gasteiger partial charge < -0.3 is 5.32 Å². The number of aromatic nitrogens is 2. The van der Waals surface area contributed by atoms with Gasteiger partial charge in [-0.2, -0.15) is 5.10 Å². The zero-order valence-electron chi connectivity index (χ0n) is 10.4. The number of aryl methyl sites for hydroxylation is 1. The molecule has 0 amide bonds. The van der Waals surface area contributed by atoms with Crippen LogP contribution in [-0.2, 0) is 20.0 Å². The van der Waals surface area contributed by atoms with Crippen LogP contribution in [0.25, 0.3) is 0 Å². The highest BCUT2D eigenvalue weighted by Gasteiger charge is 2.21. The smallest absolute Gasteiger partial charge is 0.0635 e. The molecule has 0 saturated carbocycles. The van der Waals surface area contributed by atoms with E-state index in [1.54, 1.807) is 0 Å². The van der Waals surface area contributed by atoms with Crippen molar-refractivity contribution in [3.05, 3.63) is 51.8 Å². The van der Waals surface area contributed by atoms with Crippen molar-refractivity contribution in [2.75, 3.05) is 6.54 Å². The molecule has 1 N–H and O–H groups in total. The maximum atomic E-state index is 4.29. The molecule has 2 aromatic rings. The topological polar surface area (TPSA) is 29.9 Å². The Balaban J connectivity index is 1.91. The third-order valence-corrected chi connectivity index (χ3v) is 4.31. The molecule has 4 heteroatoms. The van der Waals surface area contributed by atoms with E-state index in [0.717, 1.165) is 24.0 Å². The average Bonchev–Trinajstić information content (AvgIpc) is 2.71. The molecule has 0 saturated heterocycles. The fourth-order valence-electron chi connectivity index (χ4n) is 2.67. The van der Waals surface area contributed by atoms with Crippen LogP contribution in [0.3, 0.4) is 0 Å². The second-order valence-electron chi connectivity index (χ2n) is 4.79. The largest absolute Gasteiger partial charge is 0.312 e. The van der Waals surface area contributed by atoms with Crippen LogP contribution in [0, 0.1) is 0 Å². The second-order valence-corrected chi connectivity index (χ2v) is 5.65. The van der Waals surface area contributed by atoms with Crippen molar-refractivity contribution in [3.63, 3.8) is 0 Å². The van der Waals surface area contributed by atoms with E-state index in [-0.39, 0.29) is 0 Å². The maximum Gasteiger partial charge on any atom is 0.0635 e. The van der Waals surface area contributed by atoms with Crippen molar-refractivity contribution in [2.24, 2.45) is 7.05 Å². The van der Waals surface area contributed by atoms with Crippen LogP contribution in [-0.4, -0.2) is 16.3 Å². The number of nitrogens with one attached hydrogen (secondary N) is 1. The van der Waals surface area contributed by atoms with E-state index in [0.29, 0.717) is 5.92 Å². The molecule has 3 nitrogen and oxygen atoms in total. The van der Waals surface area contributed by atoms with Crippen molar-refractivity contribution in [3.8, 4) is 0 Å². The van der Waals surface area contributed by atoms with E-state index in [1.807, 2.05) is 17.9 Å². The molecule has 0 fully saturated rings. The minimum Gasteiger partial charge on any atom is -0.312 e. The van der Waals surface area contributed by atoms with E-state index >= 15 is 0 Å². The molecule has 3 rings (SSSR count). The average molecular weight is 306 g/mol. The third-order valence-electron chi connectivity index (χ3n) is 3.65. The summed E-state index contributed by atoms with van der Waals surface area (Å²) in [6.45, 7) is 2.02. The Morgan fingerprint density at radius 2 is 2.28 bits per heavy atom. The van der Waals surface area contributed by atoms with Crippen molar-refractivity contribution < 1.29 is 0 Å². The van der Waals surface area contributed by atoms with Crippen molar-refractivity contribution >= 4 is 15.9 Å². The lowest BCUT2D eigenvalue weighted by molar-refractivity contribution is 0.524. The third kappa shape index (κ3) is 2.10. The molecule has 0 bridgehead atoms. The van der Waals surface area contributed by atoms with Crippen LogP contribution < -0.4 is 5.32 Å². The van der Waals surface area contributed by atoms with Crippen LogP contribution >= 0.6 is 15.9 Å². The summed E-state index contributed by atoms with van der Waals surface area (Å²) in [4.78, 5) is 0. The zero-order chi connectivity index (χ0) is 12.5. The van der Waals surface area contributed by atoms with E-state index in [1.165, 1.54) is 16.8 Å². The van der Waals surface area contributed by atoms with Gasteiger partial charge in [0.15, 0.2) is 0 Å². The van der Waals surface area contributed by atoms with Gasteiger partial charge in [0.25, 0.3) is 0 Å². The summed E-state index contributed by atoms with van der Waals surface area (Å²) in [7, 11) is 2.00. The Bertz CT molecular complexity index is 542. The van der Waals surface area contributed by atoms with Gasteiger partial charge in [0.05, 0.1) is 16.4 Å². The van der Waals surface area contributed by atoms with Crippen LogP contribution in [0.4, 0.5) is 0 Å². The van der Waals surface area contributed by atoms with Crippen molar-refractivity contribution in [1.29, 1.82) is 0 Å². The van der Waals surface area contributed by atoms with Gasteiger partial charge in [-0.3, -0.25) is 4.68 Å². The summed E-state index contributed by atoms with van der Waals surface area (Å²) in [6.07, 6.45) is 2.89. The summed E-state index contributed by atoms with van der Waals surface area (Å²) in [6, 6.07) is 8.72. The van der Waals surface area contributed by atoms with Gasteiger partial charge in [-0.25, -0.2) is 0 Å². The van der Waals surface area contributed by atoms with E-state index in [9.17, 15) is 0 Å². The van der Waals surface area contributed by atoms with Gasteiger partial charge in [0.1, 0.15) is 0 Å². The van der Waals surface area contributed by atoms with E-state index in [4.69, 9.17) is 0 Å². The number of fused-ring (bicyclic) bond motifs is 1. The van der Waals surface area contributed by atoms with Gasteiger partial charge >= 0.3 is 0 Å². The lowest BCUT2D eigenvalue weighted by atomic mass is 9.87. The molecular formula is C14H16BrN3. The predicted octanol–water partition coefficient (Wildman–Crippen LogP) is 2.61. The van der Waals surface area contributed by atoms with Crippen LogP contribution in [0.5, 0.6) is 0 Å². The highest BCUT2D eigenvalue weighted by atomic mass is 79.9. The molecule has 1 aromatic carbocycles. The van der Waals surface area contributed by atoms with E-state index < -0.39 is 0 Å². The summed E-state index contributed by atoms with van der Waals surface area (Å²) < 4.78 is 3.06. The number of nitrogens with zero attached hydrogens (tertiary/aromatic N) is 2. The number of benzene rings is 1. The fourth-order valence-corrected chi connectivity index (χ4v) is 3.18. The number of hydrogen-bond donors (Lipinski definition) is 1. The number of halogens is 1. The Hall–Kier alpha value is -1.13. The Kier molecular flexibility index (Phi) is 3.22. The molecule has 0 radical (unpaired) electrons. The standard InChI is InChI=1S/C14H16BrN3/c1-18-14(13(15)9-17-18)6-11-8-16-7-10-4-2-3-5-12(10)11/h2-5,9,11,16H,6-8H2,1H3. The van der Waals surface area contributed by atoms with Gasteiger partial charge in [-0.05, 0) is 33.5 Å². The van der Waals surface area contributed by atoms with Crippen LogP contribution in [0.1, 0.15) is 22.7 Å². The van der Waals surface area contributed by atoms with Crippen LogP contribution in [0.2, 0.25) is 0 Å². The van der Waals surface area contributed by atoms with Gasteiger partial charge in [-0.15, -0.1) is 0 Å². The first-order valence-electron chi connectivity index (χ1n) is 6.20. The van der Waals surface area contributed by atoms with Gasteiger partial charge in [0.2, 0.25) is 0 Å². The molecule has 1 aromatic heterocycles. The quantitative estimate of drug-likeness (QED) is 0.924. The maximum absolute atomic E-state index is 4.29. The molecule has 1 aliphatic heterocycles. The first-order chi connectivity index (χ1) is 8.75. The molecule has 0 spiro atoms. The summed E-state index contributed by atoms with van der Waals surface area (Å²) in [5.74, 6) is 0.529. The SMILES string of the molecule is Cn1ncc(Br)c1CC1CNCc2ccccc21. The minimum absolute atomic E-state index is 0.529. The first-order valence-corrected chi connectivity index (χ1v) is 7.00. The summed E-state index contributed by atoms with van der Waals surface area (Å²) >= 11 is 3.58. The summed E-state index contributed by atoms with van der Waals surface area (Å²) in [5, 5.41) is 7.78. The highest BCUT2D eigenvalue weighted by molar-refractivity contribution is 9.10. The molecule has 1 aliphatic rings. The highest BCUT2D eigenvalue weighted by Crippen LogP contribution is 2.29. The number of rotatable bonds is 2. The van der Waals surface area contributed by atoms with Gasteiger partial charge in [0, 0.05) is 26.1 Å². The van der Waals surface area contributed by atoms with E-state index in [2.05, 4.69) is 50.6 Å². The Morgan fingerprint density at radius 1 is 1.44 bits per heavy atom. The lowest BCUT2D eigenvalue weighted by Crippen LogP contribution is -2.29. The monoisotopic (exact) mass is 305 g/mol. The Labute approximate surface area is 115 Å². The normalized spacial score (nSPS) is 18.7. The molecule has 1 unspecified atom stereocenters. The molecule has 0 aliphatic carbocycles. The summed E-state index contributed by atoms with van der Waals surface area (Å²) in [5.41, 5.74) is 4.16. The van der Waals surface area contributed by atoms with Gasteiger partial charge in [-0.1, -0.05) is 24.3 Å². The fraction of sp³-hybridized carbons (Fsp3) is 0.357. The first kappa shape index (κ1) is 11.9. The molecular weight excluding hydrogens is 290 g/mol. The zero-order valence-corrected chi connectivity index (χ0v) is 11.9. The second kappa shape index (κ2) is 4.86. The minimum atomic E-state index is 0.529. The van der Waals surface area contributed by atoms with Crippen molar-refractivity contribution in [2.45, 2.75) is 18.9 Å². The molecule has 18 heavy (non-hydrogen) atoms. The molecule has 94 valence electrons. The predicted molar refractivity (Wildman–Crippen MR) is 75.5 cm³/mol. The lowest BCUT2D eigenvalue weighted by Gasteiger charge is -2.26.